The molecule has 8 nitrogen and oxygen atoms in total. The van der Waals surface area contributed by atoms with Crippen molar-refractivity contribution in [1.29, 1.82) is 0 Å². The maximum atomic E-state index is 12.3. The van der Waals surface area contributed by atoms with Crippen LogP contribution in [0.25, 0.3) is 16.7 Å². The van der Waals surface area contributed by atoms with Crippen LogP contribution < -0.4 is 9.47 Å². The standard InChI is InChI=1S/C34H36O8/c1-22(2)32(35)40-17-15-38-29-11-7-25(8-12-29)27-19-28(21-31(20-27)42-34(37)24(5)6)26-9-13-30(14-10-26)39-16-18-41-33(36)23(3)4/h7-9,11-13,19-21H,1,3,5,10,14-18H2,2,4,6H3. The average molecular weight is 573 g/mol. The maximum absolute atomic E-state index is 12.3. The molecule has 0 unspecified atom stereocenters. The van der Waals surface area contributed by atoms with Gasteiger partial charge in [-0.15, -0.1) is 0 Å². The molecular formula is C34H36O8. The van der Waals surface area contributed by atoms with Gasteiger partial charge in [0.05, 0.1) is 5.76 Å². The summed E-state index contributed by atoms with van der Waals surface area (Å²) in [6.45, 7) is 16.3. The van der Waals surface area contributed by atoms with Crippen molar-refractivity contribution in [1.82, 2.24) is 0 Å². The van der Waals surface area contributed by atoms with Crippen LogP contribution in [0.2, 0.25) is 0 Å². The average Bonchev–Trinajstić information content (AvgIpc) is 2.97. The first-order valence-corrected chi connectivity index (χ1v) is 13.5. The molecule has 0 spiro atoms. The highest BCUT2D eigenvalue weighted by molar-refractivity contribution is 5.89. The van der Waals surface area contributed by atoms with Crippen molar-refractivity contribution in [3.8, 4) is 22.6 Å². The van der Waals surface area contributed by atoms with E-state index < -0.39 is 17.9 Å². The first-order chi connectivity index (χ1) is 20.0. The van der Waals surface area contributed by atoms with Gasteiger partial charge in [-0.3, -0.25) is 0 Å². The zero-order chi connectivity index (χ0) is 30.6. The highest BCUT2D eigenvalue weighted by Gasteiger charge is 2.15. The monoisotopic (exact) mass is 572 g/mol. The second kappa shape index (κ2) is 15.2. The Morgan fingerprint density at radius 3 is 1.74 bits per heavy atom. The number of hydrogen-bond acceptors (Lipinski definition) is 8. The predicted molar refractivity (Wildman–Crippen MR) is 161 cm³/mol. The molecule has 0 aromatic heterocycles. The molecule has 0 amide bonds. The van der Waals surface area contributed by atoms with Crippen LogP contribution in [0.1, 0.15) is 39.2 Å². The summed E-state index contributed by atoms with van der Waals surface area (Å²) in [7, 11) is 0. The van der Waals surface area contributed by atoms with Crippen molar-refractivity contribution < 1.29 is 38.1 Å². The van der Waals surface area contributed by atoms with Crippen LogP contribution >= 0.6 is 0 Å². The van der Waals surface area contributed by atoms with Crippen LogP contribution in [0.15, 0.2) is 96.8 Å². The summed E-state index contributed by atoms with van der Waals surface area (Å²) >= 11 is 0. The smallest absolute Gasteiger partial charge is 0.338 e. The van der Waals surface area contributed by atoms with Crippen LogP contribution in [0.3, 0.4) is 0 Å². The summed E-state index contributed by atoms with van der Waals surface area (Å²) in [5, 5.41) is 0. The Hall–Kier alpha value is -4.85. The summed E-state index contributed by atoms with van der Waals surface area (Å²) in [5.74, 6) is 0.421. The van der Waals surface area contributed by atoms with E-state index >= 15 is 0 Å². The third-order valence-corrected chi connectivity index (χ3v) is 6.02. The Labute approximate surface area is 246 Å². The van der Waals surface area contributed by atoms with E-state index in [1.165, 1.54) is 0 Å². The number of carbonyl (C=O) groups excluding carboxylic acids is 3. The van der Waals surface area contributed by atoms with E-state index in [2.05, 4.69) is 19.7 Å². The number of carbonyl (C=O) groups is 3. The second-order valence-electron chi connectivity index (χ2n) is 9.79. The number of benzene rings is 2. The number of rotatable bonds is 14. The summed E-state index contributed by atoms with van der Waals surface area (Å²) in [6, 6.07) is 13.1. The van der Waals surface area contributed by atoms with E-state index in [0.717, 1.165) is 28.0 Å². The van der Waals surface area contributed by atoms with E-state index in [4.69, 9.17) is 23.7 Å². The van der Waals surface area contributed by atoms with Gasteiger partial charge in [0.15, 0.2) is 0 Å². The fourth-order valence-corrected chi connectivity index (χ4v) is 3.77. The lowest BCUT2D eigenvalue weighted by Crippen LogP contribution is -2.12. The first kappa shape index (κ1) is 31.7. The topological polar surface area (TPSA) is 97.4 Å². The van der Waals surface area contributed by atoms with E-state index in [1.54, 1.807) is 26.8 Å². The quantitative estimate of drug-likeness (QED) is 0.109. The zero-order valence-electron chi connectivity index (χ0n) is 24.3. The van der Waals surface area contributed by atoms with Gasteiger partial charge in [0.1, 0.15) is 37.9 Å². The van der Waals surface area contributed by atoms with Gasteiger partial charge in [0.25, 0.3) is 0 Å². The van der Waals surface area contributed by atoms with Gasteiger partial charge in [0, 0.05) is 23.1 Å². The maximum Gasteiger partial charge on any atom is 0.338 e. The molecule has 1 aliphatic rings. The number of esters is 3. The Morgan fingerprint density at radius 2 is 1.19 bits per heavy atom. The fraction of sp³-hybridized carbons (Fsp3) is 0.265. The normalized spacial score (nSPS) is 12.3. The Morgan fingerprint density at radius 1 is 0.619 bits per heavy atom. The van der Waals surface area contributed by atoms with Crippen molar-refractivity contribution in [2.24, 2.45) is 0 Å². The van der Waals surface area contributed by atoms with Crippen molar-refractivity contribution in [3.63, 3.8) is 0 Å². The molecule has 2 aromatic carbocycles. The number of allylic oxidation sites excluding steroid dienone is 4. The Balaban J connectivity index is 1.73. The number of hydrogen-bond donors (Lipinski definition) is 0. The molecule has 0 heterocycles. The third kappa shape index (κ3) is 9.66. The minimum Gasteiger partial charge on any atom is -0.494 e. The van der Waals surface area contributed by atoms with Crippen LogP contribution in [-0.4, -0.2) is 44.3 Å². The molecule has 0 bridgehead atoms. The Bertz CT molecular complexity index is 1430. The van der Waals surface area contributed by atoms with Crippen molar-refractivity contribution >= 4 is 23.5 Å². The lowest BCUT2D eigenvalue weighted by atomic mass is 9.93. The minimum atomic E-state index is -0.505. The fourth-order valence-electron chi connectivity index (χ4n) is 3.77. The van der Waals surface area contributed by atoms with Crippen LogP contribution in [0.4, 0.5) is 0 Å². The largest absolute Gasteiger partial charge is 0.494 e. The molecule has 0 N–H and O–H groups in total. The molecule has 42 heavy (non-hydrogen) atoms. The predicted octanol–water partition coefficient (Wildman–Crippen LogP) is 6.53. The molecule has 0 radical (unpaired) electrons. The van der Waals surface area contributed by atoms with E-state index in [0.29, 0.717) is 41.1 Å². The van der Waals surface area contributed by atoms with Gasteiger partial charge in [0.2, 0.25) is 0 Å². The molecule has 0 atom stereocenters. The van der Waals surface area contributed by atoms with Crippen molar-refractivity contribution in [3.05, 3.63) is 102 Å². The highest BCUT2D eigenvalue weighted by atomic mass is 16.6. The summed E-state index contributed by atoms with van der Waals surface area (Å²) in [5.41, 5.74) is 4.68. The van der Waals surface area contributed by atoms with Gasteiger partial charge in [-0.2, -0.15) is 0 Å². The van der Waals surface area contributed by atoms with Gasteiger partial charge < -0.3 is 23.7 Å². The van der Waals surface area contributed by atoms with Gasteiger partial charge >= 0.3 is 17.9 Å². The lowest BCUT2D eigenvalue weighted by Gasteiger charge is -2.18. The molecule has 2 aromatic rings. The van der Waals surface area contributed by atoms with Crippen LogP contribution in [0, 0.1) is 0 Å². The Kier molecular flexibility index (Phi) is 11.5. The molecule has 8 heteroatoms. The van der Waals surface area contributed by atoms with E-state index in [9.17, 15) is 14.4 Å². The van der Waals surface area contributed by atoms with Gasteiger partial charge in [-0.1, -0.05) is 37.9 Å². The minimum absolute atomic E-state index is 0.117. The molecule has 220 valence electrons. The molecule has 0 aliphatic heterocycles. The lowest BCUT2D eigenvalue weighted by molar-refractivity contribution is -0.140. The summed E-state index contributed by atoms with van der Waals surface area (Å²) in [4.78, 5) is 35.3. The number of ether oxygens (including phenoxy) is 5. The van der Waals surface area contributed by atoms with Crippen molar-refractivity contribution in [2.45, 2.75) is 33.6 Å². The molecule has 0 saturated carbocycles. The van der Waals surface area contributed by atoms with Crippen LogP contribution in [0.5, 0.6) is 11.5 Å². The zero-order valence-corrected chi connectivity index (χ0v) is 24.3. The van der Waals surface area contributed by atoms with Gasteiger partial charge in [-0.25, -0.2) is 14.4 Å². The van der Waals surface area contributed by atoms with E-state index in [1.807, 2.05) is 48.6 Å². The third-order valence-electron chi connectivity index (χ3n) is 6.02. The second-order valence-corrected chi connectivity index (χ2v) is 9.79. The summed E-state index contributed by atoms with van der Waals surface area (Å²) in [6.07, 6.45) is 5.24. The highest BCUT2D eigenvalue weighted by Crippen LogP contribution is 2.34. The SMILES string of the molecule is C=C(C)C(=O)OCCOC1=CC=C(c2cc(OC(=O)C(=C)C)cc(-c3ccc(OCCOC(=O)C(=C)C)cc3)c2)CC1. The first-order valence-electron chi connectivity index (χ1n) is 13.5. The molecule has 0 saturated heterocycles. The molecule has 1 aliphatic carbocycles. The van der Waals surface area contributed by atoms with Crippen LogP contribution in [-0.2, 0) is 28.6 Å². The molecular weight excluding hydrogens is 536 g/mol. The van der Waals surface area contributed by atoms with E-state index in [-0.39, 0.29) is 26.4 Å². The van der Waals surface area contributed by atoms with Gasteiger partial charge in [-0.05, 0) is 85.9 Å². The molecule has 0 fully saturated rings. The molecule has 3 rings (SSSR count). The summed E-state index contributed by atoms with van der Waals surface area (Å²) < 4.78 is 27.1. The van der Waals surface area contributed by atoms with Crippen molar-refractivity contribution in [2.75, 3.05) is 26.4 Å².